The number of halogens is 1. The molecular weight excluding hydrogens is 574 g/mol. The second-order valence-corrected chi connectivity index (χ2v) is 12.9. The number of hydrogen-bond donors (Lipinski definition) is 1. The van der Waals surface area contributed by atoms with Crippen LogP contribution in [0.3, 0.4) is 0 Å². The largest absolute Gasteiger partial charge is 0.497 e. The number of ether oxygens (including phenoxy) is 1. The summed E-state index contributed by atoms with van der Waals surface area (Å²) >= 11 is 6.25. The summed E-state index contributed by atoms with van der Waals surface area (Å²) in [7, 11) is -2.71. The fourth-order valence-electron chi connectivity index (χ4n) is 5.33. The van der Waals surface area contributed by atoms with E-state index in [0.717, 1.165) is 41.1 Å². The highest BCUT2D eigenvalue weighted by molar-refractivity contribution is 7.92. The lowest BCUT2D eigenvalue weighted by atomic mass is 10.1. The van der Waals surface area contributed by atoms with Crippen LogP contribution >= 0.6 is 11.6 Å². The van der Waals surface area contributed by atoms with Gasteiger partial charge < -0.3 is 15.0 Å². The van der Waals surface area contributed by atoms with E-state index < -0.39 is 28.5 Å². The van der Waals surface area contributed by atoms with E-state index in [-0.39, 0.29) is 29.1 Å². The number of aryl methyl sites for hydroxylation is 1. The predicted molar refractivity (Wildman–Crippen MR) is 165 cm³/mol. The second kappa shape index (κ2) is 14.1. The average molecular weight is 612 g/mol. The molecule has 1 aliphatic rings. The zero-order valence-electron chi connectivity index (χ0n) is 24.3. The topological polar surface area (TPSA) is 96.0 Å². The van der Waals surface area contributed by atoms with Crippen LogP contribution < -0.4 is 14.4 Å². The smallest absolute Gasteiger partial charge is 0.264 e. The summed E-state index contributed by atoms with van der Waals surface area (Å²) in [5, 5.41) is 3.46. The van der Waals surface area contributed by atoms with E-state index in [1.54, 1.807) is 30.3 Å². The SMILES string of the molecule is CC[C@@H](C(=O)NC1CCCC1)N(Cc1cccc(C)c1)C(=O)CN(c1cccc(Cl)c1)S(=O)(=O)c1ccc(OC)cc1. The molecule has 0 radical (unpaired) electrons. The zero-order valence-corrected chi connectivity index (χ0v) is 25.8. The van der Waals surface area contributed by atoms with Crippen molar-refractivity contribution in [3.05, 3.63) is 88.9 Å². The fourth-order valence-corrected chi connectivity index (χ4v) is 6.92. The standard InChI is InChI=1S/C32H38ClN3O5S/c1-4-30(32(38)34-26-12-5-6-13-26)35(21-24-10-7-9-23(2)19-24)31(37)22-36(27-14-8-11-25(33)20-27)42(39,40)29-17-15-28(41-3)16-18-29/h7-11,14-20,26,30H,4-6,12-13,21-22H2,1-3H3,(H,34,38)/t30-/m0/s1. The van der Waals surface area contributed by atoms with Gasteiger partial charge >= 0.3 is 0 Å². The quantitative estimate of drug-likeness (QED) is 0.283. The van der Waals surface area contributed by atoms with Gasteiger partial charge in [0.2, 0.25) is 11.8 Å². The molecule has 2 amide bonds. The number of sulfonamides is 1. The molecule has 1 N–H and O–H groups in total. The third kappa shape index (κ3) is 7.63. The lowest BCUT2D eigenvalue weighted by Crippen LogP contribution is -2.53. The van der Waals surface area contributed by atoms with Gasteiger partial charge in [-0.05, 0) is 74.2 Å². The van der Waals surface area contributed by atoms with E-state index in [0.29, 0.717) is 17.2 Å². The Labute approximate surface area is 253 Å². The van der Waals surface area contributed by atoms with Crippen molar-refractivity contribution < 1.29 is 22.7 Å². The summed E-state index contributed by atoms with van der Waals surface area (Å²) in [5.41, 5.74) is 2.11. The van der Waals surface area contributed by atoms with Crippen molar-refractivity contribution in [3.63, 3.8) is 0 Å². The number of nitrogens with zero attached hydrogens (tertiary/aromatic N) is 2. The number of nitrogens with one attached hydrogen (secondary N) is 1. The molecule has 10 heteroatoms. The van der Waals surface area contributed by atoms with Crippen LogP contribution in [0.1, 0.15) is 50.2 Å². The summed E-state index contributed by atoms with van der Waals surface area (Å²) < 4.78 is 34.2. The van der Waals surface area contributed by atoms with Crippen LogP contribution in [0.4, 0.5) is 5.69 Å². The van der Waals surface area contributed by atoms with Gasteiger partial charge in [-0.2, -0.15) is 0 Å². The van der Waals surface area contributed by atoms with Gasteiger partial charge in [-0.15, -0.1) is 0 Å². The summed E-state index contributed by atoms with van der Waals surface area (Å²) in [6, 6.07) is 19.4. The molecule has 0 heterocycles. The Bertz CT molecular complexity index is 1490. The zero-order chi connectivity index (χ0) is 30.3. The molecule has 3 aromatic rings. The monoisotopic (exact) mass is 611 g/mol. The van der Waals surface area contributed by atoms with Gasteiger partial charge in [-0.3, -0.25) is 13.9 Å². The molecule has 1 saturated carbocycles. The molecule has 3 aromatic carbocycles. The Kier molecular flexibility index (Phi) is 10.5. The molecular formula is C32H38ClN3O5S. The maximum Gasteiger partial charge on any atom is 0.264 e. The molecule has 0 spiro atoms. The lowest BCUT2D eigenvalue weighted by molar-refractivity contribution is -0.140. The van der Waals surface area contributed by atoms with Crippen molar-refractivity contribution >= 4 is 39.1 Å². The normalized spacial score (nSPS) is 14.3. The fraction of sp³-hybridized carbons (Fsp3) is 0.375. The van der Waals surface area contributed by atoms with Crippen molar-refractivity contribution in [3.8, 4) is 5.75 Å². The van der Waals surface area contributed by atoms with Gasteiger partial charge in [0.25, 0.3) is 10.0 Å². The molecule has 224 valence electrons. The first-order valence-electron chi connectivity index (χ1n) is 14.2. The van der Waals surface area contributed by atoms with Gasteiger partial charge in [-0.1, -0.05) is 67.3 Å². The van der Waals surface area contributed by atoms with Gasteiger partial charge in [0.1, 0.15) is 18.3 Å². The van der Waals surface area contributed by atoms with Gasteiger partial charge in [0.15, 0.2) is 0 Å². The van der Waals surface area contributed by atoms with E-state index in [4.69, 9.17) is 16.3 Å². The number of rotatable bonds is 12. The van der Waals surface area contributed by atoms with Crippen molar-refractivity contribution in [2.24, 2.45) is 0 Å². The first kappa shape index (κ1) is 31.4. The van der Waals surface area contributed by atoms with Crippen molar-refractivity contribution in [2.75, 3.05) is 18.0 Å². The number of benzene rings is 3. The number of anilines is 1. The van der Waals surface area contributed by atoms with Crippen LogP contribution in [0.5, 0.6) is 5.75 Å². The van der Waals surface area contributed by atoms with E-state index in [9.17, 15) is 18.0 Å². The van der Waals surface area contributed by atoms with Gasteiger partial charge in [-0.25, -0.2) is 8.42 Å². The van der Waals surface area contributed by atoms with E-state index >= 15 is 0 Å². The molecule has 1 fully saturated rings. The van der Waals surface area contributed by atoms with Crippen molar-refractivity contribution in [1.82, 2.24) is 10.2 Å². The lowest BCUT2D eigenvalue weighted by Gasteiger charge is -2.34. The number of carbonyl (C=O) groups is 2. The predicted octanol–water partition coefficient (Wildman–Crippen LogP) is 5.72. The molecule has 0 saturated heterocycles. The Morgan fingerprint density at radius 3 is 2.33 bits per heavy atom. The average Bonchev–Trinajstić information content (AvgIpc) is 3.48. The molecule has 42 heavy (non-hydrogen) atoms. The van der Waals surface area contributed by atoms with Gasteiger partial charge in [0, 0.05) is 17.6 Å². The van der Waals surface area contributed by atoms with Crippen LogP contribution in [0.25, 0.3) is 0 Å². The highest BCUT2D eigenvalue weighted by atomic mass is 35.5. The molecule has 0 aromatic heterocycles. The van der Waals surface area contributed by atoms with Crippen molar-refractivity contribution in [2.45, 2.75) is 69.5 Å². The molecule has 8 nitrogen and oxygen atoms in total. The van der Waals surface area contributed by atoms with Crippen molar-refractivity contribution in [1.29, 1.82) is 0 Å². The van der Waals surface area contributed by atoms with E-state index in [1.165, 1.54) is 30.2 Å². The highest BCUT2D eigenvalue weighted by Crippen LogP contribution is 2.28. The number of methoxy groups -OCH3 is 1. The number of hydrogen-bond acceptors (Lipinski definition) is 5. The molecule has 0 aliphatic heterocycles. The van der Waals surface area contributed by atoms with Crippen LogP contribution in [0.2, 0.25) is 5.02 Å². The molecule has 1 aliphatic carbocycles. The van der Waals surface area contributed by atoms with Gasteiger partial charge in [0.05, 0.1) is 17.7 Å². The second-order valence-electron chi connectivity index (χ2n) is 10.6. The minimum Gasteiger partial charge on any atom is -0.497 e. The van der Waals surface area contributed by atoms with E-state index in [2.05, 4.69) is 5.32 Å². The first-order chi connectivity index (χ1) is 20.1. The summed E-state index contributed by atoms with van der Waals surface area (Å²) in [4.78, 5) is 29.2. The summed E-state index contributed by atoms with van der Waals surface area (Å²) in [6.07, 6.45) is 4.32. The Morgan fingerprint density at radius 2 is 1.71 bits per heavy atom. The van der Waals surface area contributed by atoms with E-state index in [1.807, 2.05) is 38.1 Å². The maximum atomic E-state index is 14.2. The summed E-state index contributed by atoms with van der Waals surface area (Å²) in [5.74, 6) is -0.220. The number of carbonyl (C=O) groups excluding carboxylic acids is 2. The minimum absolute atomic E-state index is 0.00710. The Morgan fingerprint density at radius 1 is 1.02 bits per heavy atom. The molecule has 0 bridgehead atoms. The van der Waals surface area contributed by atoms with Crippen LogP contribution in [0, 0.1) is 6.92 Å². The minimum atomic E-state index is -4.20. The Balaban J connectivity index is 1.71. The molecule has 1 atom stereocenters. The summed E-state index contributed by atoms with van der Waals surface area (Å²) in [6.45, 7) is 3.46. The Hall–Kier alpha value is -3.56. The number of amides is 2. The molecule has 0 unspecified atom stereocenters. The van der Waals surface area contributed by atoms with Crippen LogP contribution in [-0.2, 0) is 26.2 Å². The van der Waals surface area contributed by atoms with Crippen LogP contribution in [0.15, 0.2) is 77.7 Å². The third-order valence-corrected chi connectivity index (χ3v) is 9.57. The van der Waals surface area contributed by atoms with Crippen LogP contribution in [-0.4, -0.2) is 50.9 Å². The molecule has 4 rings (SSSR count). The maximum absolute atomic E-state index is 14.2. The highest BCUT2D eigenvalue weighted by Gasteiger charge is 2.34. The first-order valence-corrected chi connectivity index (χ1v) is 16.0. The third-order valence-electron chi connectivity index (χ3n) is 7.55.